The topological polar surface area (TPSA) is 94.0 Å². The Morgan fingerprint density at radius 3 is 2.73 bits per heavy atom. The molecule has 6 heteroatoms. The van der Waals surface area contributed by atoms with Crippen molar-refractivity contribution in [1.29, 1.82) is 0 Å². The number of rotatable bonds is 5. The van der Waals surface area contributed by atoms with E-state index in [9.17, 15) is 4.79 Å². The van der Waals surface area contributed by atoms with E-state index in [-0.39, 0.29) is 5.91 Å². The van der Waals surface area contributed by atoms with E-state index in [0.29, 0.717) is 24.8 Å². The van der Waals surface area contributed by atoms with Crippen LogP contribution >= 0.6 is 0 Å². The minimum absolute atomic E-state index is 0.334. The molecule has 0 radical (unpaired) electrons. The van der Waals surface area contributed by atoms with Gasteiger partial charge in [-0.1, -0.05) is 5.16 Å². The molecule has 0 atom stereocenters. The average molecular weight is 212 g/mol. The zero-order valence-corrected chi connectivity index (χ0v) is 9.20. The van der Waals surface area contributed by atoms with Crippen LogP contribution in [0.3, 0.4) is 0 Å². The third kappa shape index (κ3) is 3.32. The zero-order valence-electron chi connectivity index (χ0n) is 9.20. The summed E-state index contributed by atoms with van der Waals surface area (Å²) in [5, 5.41) is 6.77. The van der Waals surface area contributed by atoms with Crippen LogP contribution in [0.5, 0.6) is 0 Å². The van der Waals surface area contributed by atoms with Gasteiger partial charge in [-0.3, -0.25) is 4.79 Å². The molecule has 0 saturated heterocycles. The number of carbonyl (C=O) groups excluding carboxylic acids is 1. The second-order valence-electron chi connectivity index (χ2n) is 4.08. The van der Waals surface area contributed by atoms with Crippen molar-refractivity contribution in [2.24, 2.45) is 11.1 Å². The summed E-state index contributed by atoms with van der Waals surface area (Å²) in [6.45, 7) is 6.24. The van der Waals surface area contributed by atoms with E-state index in [0.717, 1.165) is 0 Å². The normalized spacial score (nSPS) is 11.7. The van der Waals surface area contributed by atoms with Gasteiger partial charge in [-0.15, -0.1) is 0 Å². The molecule has 0 aliphatic carbocycles. The molecule has 0 spiro atoms. The summed E-state index contributed by atoms with van der Waals surface area (Å²) < 4.78 is 4.80. The average Bonchev–Trinajstić information content (AvgIpc) is 2.51. The maximum absolute atomic E-state index is 11.0. The molecular formula is C9H16N4O2. The molecular weight excluding hydrogens is 196 g/mol. The number of nitrogens with zero attached hydrogens (tertiary/aromatic N) is 2. The molecule has 0 saturated carbocycles. The van der Waals surface area contributed by atoms with E-state index < -0.39 is 5.41 Å². The number of primary amides is 1. The summed E-state index contributed by atoms with van der Waals surface area (Å²) in [6.07, 6.45) is 0. The lowest BCUT2D eigenvalue weighted by Gasteiger charge is -2.20. The fourth-order valence-corrected chi connectivity index (χ4v) is 0.987. The Labute approximate surface area is 88.2 Å². The van der Waals surface area contributed by atoms with E-state index in [1.54, 1.807) is 20.8 Å². The molecule has 0 aliphatic rings. The molecule has 1 amide bonds. The van der Waals surface area contributed by atoms with Gasteiger partial charge in [-0.2, -0.15) is 4.98 Å². The Morgan fingerprint density at radius 2 is 2.27 bits per heavy atom. The first-order valence-electron chi connectivity index (χ1n) is 4.71. The lowest BCUT2D eigenvalue weighted by Crippen LogP contribution is -2.40. The number of carbonyl (C=O) groups is 1. The predicted octanol–water partition coefficient (Wildman–Crippen LogP) is -0.0209. The Bertz CT molecular complexity index is 346. The first kappa shape index (κ1) is 11.6. The minimum Gasteiger partial charge on any atom is -0.369 e. The van der Waals surface area contributed by atoms with E-state index in [4.69, 9.17) is 10.3 Å². The summed E-state index contributed by atoms with van der Waals surface area (Å²) in [6, 6.07) is 0. The lowest BCUT2D eigenvalue weighted by molar-refractivity contribution is -0.125. The van der Waals surface area contributed by atoms with Crippen LogP contribution in [0.15, 0.2) is 4.52 Å². The molecule has 0 bridgehead atoms. The number of hydrogen-bond donors (Lipinski definition) is 2. The van der Waals surface area contributed by atoms with Crippen LogP contribution in [0.2, 0.25) is 0 Å². The highest BCUT2D eigenvalue weighted by Gasteiger charge is 2.24. The van der Waals surface area contributed by atoms with Gasteiger partial charge in [0.25, 0.3) is 0 Å². The molecule has 0 unspecified atom stereocenters. The first-order valence-corrected chi connectivity index (χ1v) is 4.71. The van der Waals surface area contributed by atoms with Gasteiger partial charge < -0.3 is 15.6 Å². The van der Waals surface area contributed by atoms with E-state index in [1.807, 2.05) is 0 Å². The van der Waals surface area contributed by atoms with Crippen LogP contribution in [0, 0.1) is 12.3 Å². The first-order chi connectivity index (χ1) is 6.92. The van der Waals surface area contributed by atoms with Crippen molar-refractivity contribution in [1.82, 2.24) is 15.5 Å². The second-order valence-corrected chi connectivity index (χ2v) is 4.08. The van der Waals surface area contributed by atoms with Gasteiger partial charge in [0.15, 0.2) is 5.82 Å². The fraction of sp³-hybridized carbons (Fsp3) is 0.667. The molecule has 1 aromatic heterocycles. The lowest BCUT2D eigenvalue weighted by atomic mass is 9.93. The third-order valence-corrected chi connectivity index (χ3v) is 2.09. The second kappa shape index (κ2) is 4.39. The molecule has 6 nitrogen and oxygen atoms in total. The fourth-order valence-electron chi connectivity index (χ4n) is 0.987. The highest BCUT2D eigenvalue weighted by Crippen LogP contribution is 2.11. The Kier molecular flexibility index (Phi) is 3.41. The molecule has 15 heavy (non-hydrogen) atoms. The van der Waals surface area contributed by atoms with Gasteiger partial charge in [0.2, 0.25) is 11.8 Å². The van der Waals surface area contributed by atoms with Gasteiger partial charge in [-0.05, 0) is 13.8 Å². The predicted molar refractivity (Wildman–Crippen MR) is 53.7 cm³/mol. The largest absolute Gasteiger partial charge is 0.369 e. The number of nitrogens with two attached hydrogens (primary N) is 1. The molecule has 3 N–H and O–H groups in total. The number of amides is 1. The van der Waals surface area contributed by atoms with Crippen molar-refractivity contribution in [3.05, 3.63) is 11.7 Å². The molecule has 0 fully saturated rings. The molecule has 1 rings (SSSR count). The monoisotopic (exact) mass is 212 g/mol. The van der Waals surface area contributed by atoms with Crippen molar-refractivity contribution in [2.75, 3.05) is 6.54 Å². The molecule has 84 valence electrons. The number of nitrogens with one attached hydrogen (secondary N) is 1. The van der Waals surface area contributed by atoms with Crippen molar-refractivity contribution < 1.29 is 9.32 Å². The van der Waals surface area contributed by atoms with Crippen molar-refractivity contribution in [2.45, 2.75) is 27.3 Å². The van der Waals surface area contributed by atoms with E-state index in [2.05, 4.69) is 15.5 Å². The van der Waals surface area contributed by atoms with Crippen LogP contribution in [0.4, 0.5) is 0 Å². The highest BCUT2D eigenvalue weighted by atomic mass is 16.5. The molecule has 0 aliphatic heterocycles. The van der Waals surface area contributed by atoms with Crippen molar-refractivity contribution in [3.8, 4) is 0 Å². The third-order valence-electron chi connectivity index (χ3n) is 2.09. The summed E-state index contributed by atoms with van der Waals surface area (Å²) in [4.78, 5) is 15.0. The SMILES string of the molecule is Cc1nc(CNCC(C)(C)C(N)=O)no1. The van der Waals surface area contributed by atoms with Gasteiger partial charge in [-0.25, -0.2) is 0 Å². The Morgan fingerprint density at radius 1 is 1.60 bits per heavy atom. The molecule has 0 aromatic carbocycles. The van der Waals surface area contributed by atoms with Gasteiger partial charge in [0.1, 0.15) is 0 Å². The highest BCUT2D eigenvalue weighted by molar-refractivity contribution is 5.80. The Balaban J connectivity index is 2.36. The maximum atomic E-state index is 11.0. The number of aromatic nitrogens is 2. The number of aryl methyl sites for hydroxylation is 1. The van der Waals surface area contributed by atoms with Gasteiger partial charge in [0, 0.05) is 13.5 Å². The van der Waals surface area contributed by atoms with E-state index in [1.165, 1.54) is 0 Å². The summed E-state index contributed by atoms with van der Waals surface area (Å²) in [5.41, 5.74) is 4.65. The van der Waals surface area contributed by atoms with Crippen LogP contribution in [0.1, 0.15) is 25.6 Å². The standard InChI is InChI=1S/C9H16N4O2/c1-6-12-7(13-15-6)4-11-5-9(2,3)8(10)14/h11H,4-5H2,1-3H3,(H2,10,14). The quantitative estimate of drug-likeness (QED) is 0.715. The van der Waals surface area contributed by atoms with Gasteiger partial charge in [0.05, 0.1) is 12.0 Å². The smallest absolute Gasteiger partial charge is 0.224 e. The van der Waals surface area contributed by atoms with Crippen LogP contribution < -0.4 is 11.1 Å². The van der Waals surface area contributed by atoms with Crippen LogP contribution in [-0.2, 0) is 11.3 Å². The molecule has 1 heterocycles. The van der Waals surface area contributed by atoms with Crippen LogP contribution in [-0.4, -0.2) is 22.6 Å². The van der Waals surface area contributed by atoms with Crippen molar-refractivity contribution >= 4 is 5.91 Å². The summed E-state index contributed by atoms with van der Waals surface area (Å²) >= 11 is 0. The van der Waals surface area contributed by atoms with Crippen LogP contribution in [0.25, 0.3) is 0 Å². The Hall–Kier alpha value is -1.43. The van der Waals surface area contributed by atoms with Gasteiger partial charge >= 0.3 is 0 Å². The maximum Gasteiger partial charge on any atom is 0.224 e. The minimum atomic E-state index is -0.571. The number of hydrogen-bond acceptors (Lipinski definition) is 5. The van der Waals surface area contributed by atoms with Crippen molar-refractivity contribution in [3.63, 3.8) is 0 Å². The summed E-state index contributed by atoms with van der Waals surface area (Å²) in [5.74, 6) is 0.771. The molecule has 1 aromatic rings. The summed E-state index contributed by atoms with van der Waals surface area (Å²) in [7, 11) is 0. The zero-order chi connectivity index (χ0) is 11.5. The van der Waals surface area contributed by atoms with E-state index >= 15 is 0 Å².